The van der Waals surface area contributed by atoms with Gasteiger partial charge in [0.25, 0.3) is 11.8 Å². The summed E-state index contributed by atoms with van der Waals surface area (Å²) in [6.45, 7) is 4.75. The molecule has 0 saturated carbocycles. The molecule has 7 heteroatoms. The van der Waals surface area contributed by atoms with Gasteiger partial charge in [0, 0.05) is 11.1 Å². The lowest BCUT2D eigenvalue weighted by atomic mass is 10.1. The molecule has 0 fully saturated rings. The van der Waals surface area contributed by atoms with Crippen molar-refractivity contribution in [3.05, 3.63) is 60.2 Å². The molecule has 0 aliphatic heterocycles. The third kappa shape index (κ3) is 7.49. The molecule has 148 valence electrons. The van der Waals surface area contributed by atoms with Gasteiger partial charge in [0.05, 0.1) is 0 Å². The van der Waals surface area contributed by atoms with Crippen LogP contribution in [0.25, 0.3) is 0 Å². The molecule has 0 atom stereocenters. The van der Waals surface area contributed by atoms with E-state index < -0.39 is 29.9 Å². The van der Waals surface area contributed by atoms with Crippen molar-refractivity contribution in [2.75, 3.05) is 13.2 Å². The van der Waals surface area contributed by atoms with Crippen LogP contribution in [0.5, 0.6) is 11.5 Å². The third-order valence-corrected chi connectivity index (χ3v) is 3.37. The Morgan fingerprint density at radius 1 is 0.893 bits per heavy atom. The van der Waals surface area contributed by atoms with E-state index in [1.165, 1.54) is 0 Å². The minimum absolute atomic E-state index is 0.329. The number of benzene rings is 2. The highest BCUT2D eigenvalue weighted by Gasteiger charge is 2.15. The molecule has 0 aliphatic rings. The summed E-state index contributed by atoms with van der Waals surface area (Å²) in [5.41, 5.74) is -0.0349. The van der Waals surface area contributed by atoms with Gasteiger partial charge in [0.2, 0.25) is 0 Å². The second kappa shape index (κ2) is 9.55. The first kappa shape index (κ1) is 21.0. The third-order valence-electron chi connectivity index (χ3n) is 3.37. The molecule has 2 N–H and O–H groups in total. The fraction of sp³-hybridized carbons (Fsp3) is 0.286. The summed E-state index contributed by atoms with van der Waals surface area (Å²) in [5.74, 6) is -0.241. The van der Waals surface area contributed by atoms with Crippen molar-refractivity contribution < 1.29 is 23.9 Å². The monoisotopic (exact) mass is 384 g/mol. The van der Waals surface area contributed by atoms with Crippen LogP contribution in [0.2, 0.25) is 0 Å². The van der Waals surface area contributed by atoms with E-state index in [1.54, 1.807) is 24.3 Å². The molecule has 0 radical (unpaired) electrons. The summed E-state index contributed by atoms with van der Waals surface area (Å²) in [7, 11) is 0. The second-order valence-electron chi connectivity index (χ2n) is 7.08. The smallest absolute Gasteiger partial charge is 0.325 e. The Balaban J connectivity index is 1.76. The number of carbonyl (C=O) groups is 3. The summed E-state index contributed by atoms with van der Waals surface area (Å²) in [6.07, 6.45) is 0. The predicted molar refractivity (Wildman–Crippen MR) is 104 cm³/mol. The van der Waals surface area contributed by atoms with E-state index in [2.05, 4.69) is 10.6 Å². The van der Waals surface area contributed by atoms with Crippen molar-refractivity contribution in [3.63, 3.8) is 0 Å². The molecule has 2 rings (SSSR count). The minimum atomic E-state index is -0.693. The van der Waals surface area contributed by atoms with Gasteiger partial charge in [-0.3, -0.25) is 14.4 Å². The summed E-state index contributed by atoms with van der Waals surface area (Å²) < 4.78 is 10.5. The molecule has 2 aromatic carbocycles. The zero-order valence-electron chi connectivity index (χ0n) is 16.2. The molecule has 7 nitrogen and oxygen atoms in total. The van der Waals surface area contributed by atoms with E-state index in [1.807, 2.05) is 51.1 Å². The van der Waals surface area contributed by atoms with E-state index in [4.69, 9.17) is 9.47 Å². The number of rotatable bonds is 7. The first-order valence-corrected chi connectivity index (χ1v) is 8.81. The van der Waals surface area contributed by atoms with Crippen molar-refractivity contribution in [2.45, 2.75) is 26.3 Å². The van der Waals surface area contributed by atoms with E-state index >= 15 is 0 Å². The Labute approximate surface area is 164 Å². The van der Waals surface area contributed by atoms with Gasteiger partial charge >= 0.3 is 5.97 Å². The maximum Gasteiger partial charge on any atom is 0.325 e. The molecular weight excluding hydrogens is 360 g/mol. The minimum Gasteiger partial charge on any atom is -0.457 e. The van der Waals surface area contributed by atoms with Crippen LogP contribution in [0.3, 0.4) is 0 Å². The van der Waals surface area contributed by atoms with Gasteiger partial charge in [-0.1, -0.05) is 18.2 Å². The Bertz CT molecular complexity index is 811. The quantitative estimate of drug-likeness (QED) is 0.716. The molecule has 0 unspecified atom stereocenters. The first-order chi connectivity index (χ1) is 13.2. The van der Waals surface area contributed by atoms with Crippen molar-refractivity contribution in [3.8, 4) is 11.5 Å². The van der Waals surface area contributed by atoms with Gasteiger partial charge in [-0.25, -0.2) is 0 Å². The molecule has 0 aliphatic carbocycles. The van der Waals surface area contributed by atoms with Gasteiger partial charge < -0.3 is 20.1 Å². The van der Waals surface area contributed by atoms with Crippen molar-refractivity contribution in [2.24, 2.45) is 0 Å². The SMILES string of the molecule is CC(C)(C)NC(=O)COC(=O)CNC(=O)c1ccc(Oc2ccccc2)cc1. The lowest BCUT2D eigenvalue weighted by Gasteiger charge is -2.20. The normalized spacial score (nSPS) is 10.7. The highest BCUT2D eigenvalue weighted by molar-refractivity contribution is 5.96. The van der Waals surface area contributed by atoms with Crippen LogP contribution in [0.4, 0.5) is 0 Å². The highest BCUT2D eigenvalue weighted by Crippen LogP contribution is 2.21. The molecule has 0 spiro atoms. The van der Waals surface area contributed by atoms with Crippen LogP contribution >= 0.6 is 0 Å². The molecule has 2 amide bonds. The van der Waals surface area contributed by atoms with Crippen LogP contribution in [-0.2, 0) is 14.3 Å². The first-order valence-electron chi connectivity index (χ1n) is 8.81. The van der Waals surface area contributed by atoms with Gasteiger partial charge in [-0.15, -0.1) is 0 Å². The lowest BCUT2D eigenvalue weighted by molar-refractivity contribution is -0.147. The maximum atomic E-state index is 12.1. The lowest BCUT2D eigenvalue weighted by Crippen LogP contribution is -2.43. The number of hydrogen-bond donors (Lipinski definition) is 2. The number of para-hydroxylation sites is 1. The number of carbonyl (C=O) groups excluding carboxylic acids is 3. The van der Waals surface area contributed by atoms with Crippen molar-refractivity contribution >= 4 is 17.8 Å². The van der Waals surface area contributed by atoms with E-state index in [0.717, 1.165) is 0 Å². The Morgan fingerprint density at radius 3 is 2.11 bits per heavy atom. The fourth-order valence-corrected chi connectivity index (χ4v) is 2.20. The number of hydrogen-bond acceptors (Lipinski definition) is 5. The number of amides is 2. The maximum absolute atomic E-state index is 12.1. The molecule has 0 saturated heterocycles. The summed E-state index contributed by atoms with van der Waals surface area (Å²) in [5, 5.41) is 5.13. The van der Waals surface area contributed by atoms with E-state index in [-0.39, 0.29) is 6.54 Å². The van der Waals surface area contributed by atoms with Gasteiger partial charge in [-0.05, 0) is 57.2 Å². The van der Waals surface area contributed by atoms with E-state index in [9.17, 15) is 14.4 Å². The molecule has 2 aromatic rings. The fourth-order valence-electron chi connectivity index (χ4n) is 2.20. The molecular formula is C21H24N2O5. The van der Waals surface area contributed by atoms with Gasteiger partial charge in [0.15, 0.2) is 6.61 Å². The number of esters is 1. The molecule has 28 heavy (non-hydrogen) atoms. The van der Waals surface area contributed by atoms with Gasteiger partial charge in [0.1, 0.15) is 18.0 Å². The van der Waals surface area contributed by atoms with Crippen molar-refractivity contribution in [1.29, 1.82) is 0 Å². The van der Waals surface area contributed by atoms with Gasteiger partial charge in [-0.2, -0.15) is 0 Å². The molecule has 0 aromatic heterocycles. The van der Waals surface area contributed by atoms with Crippen LogP contribution in [0.1, 0.15) is 31.1 Å². The zero-order valence-corrected chi connectivity index (χ0v) is 16.2. The second-order valence-corrected chi connectivity index (χ2v) is 7.08. The largest absolute Gasteiger partial charge is 0.457 e. The van der Waals surface area contributed by atoms with Crippen LogP contribution in [0, 0.1) is 0 Å². The number of ether oxygens (including phenoxy) is 2. The zero-order chi connectivity index (χ0) is 20.6. The van der Waals surface area contributed by atoms with Crippen LogP contribution < -0.4 is 15.4 Å². The Morgan fingerprint density at radius 2 is 1.50 bits per heavy atom. The van der Waals surface area contributed by atoms with Crippen LogP contribution in [0.15, 0.2) is 54.6 Å². The highest BCUT2D eigenvalue weighted by atomic mass is 16.5. The topological polar surface area (TPSA) is 93.7 Å². The summed E-state index contributed by atoms with van der Waals surface area (Å²) in [4.78, 5) is 35.4. The van der Waals surface area contributed by atoms with Crippen LogP contribution in [-0.4, -0.2) is 36.5 Å². The Hall–Kier alpha value is -3.35. The van der Waals surface area contributed by atoms with E-state index in [0.29, 0.717) is 17.1 Å². The average molecular weight is 384 g/mol. The summed E-state index contributed by atoms with van der Waals surface area (Å²) in [6, 6.07) is 15.8. The van der Waals surface area contributed by atoms with Crippen molar-refractivity contribution in [1.82, 2.24) is 10.6 Å². The number of nitrogens with one attached hydrogen (secondary N) is 2. The Kier molecular flexibility index (Phi) is 7.14. The molecule has 0 bridgehead atoms. The summed E-state index contributed by atoms with van der Waals surface area (Å²) >= 11 is 0. The standard InChI is InChI=1S/C21H24N2O5/c1-21(2,3)23-18(24)14-27-19(25)13-22-20(26)15-9-11-17(12-10-15)28-16-7-5-4-6-8-16/h4-12H,13-14H2,1-3H3,(H,22,26)(H,23,24). The average Bonchev–Trinajstić information content (AvgIpc) is 2.64. The molecule has 0 heterocycles. The predicted octanol–water partition coefficient (Wildman–Crippen LogP) is 2.67.